The van der Waals surface area contributed by atoms with Gasteiger partial charge in [-0.3, -0.25) is 9.59 Å². The zero-order valence-electron chi connectivity index (χ0n) is 20.5. The number of rotatable bonds is 5. The number of benzene rings is 1. The average Bonchev–Trinajstić information content (AvgIpc) is 3.18. The Morgan fingerprint density at radius 2 is 1.77 bits per heavy atom. The smallest absolute Gasteiger partial charge is 0.351 e. The van der Waals surface area contributed by atoms with Gasteiger partial charge in [-0.2, -0.15) is 0 Å². The quantitative estimate of drug-likeness (QED) is 0.460. The third-order valence-corrected chi connectivity index (χ3v) is 6.99. The molecule has 0 saturated carbocycles. The predicted octanol–water partition coefficient (Wildman–Crippen LogP) is 2.96. The maximum atomic E-state index is 13.2. The molecule has 0 N–H and O–H groups in total. The molecule has 1 aromatic carbocycles. The molecule has 1 fully saturated rings. The minimum atomic E-state index is -1.69. The summed E-state index contributed by atoms with van der Waals surface area (Å²) >= 11 is 0. The first-order valence-corrected chi connectivity index (χ1v) is 11.3. The molecule has 1 heterocycles. The van der Waals surface area contributed by atoms with Crippen LogP contribution >= 0.6 is 0 Å². The molecule has 1 saturated heterocycles. The Kier molecular flexibility index (Phi) is 6.21. The summed E-state index contributed by atoms with van der Waals surface area (Å²) in [7, 11) is 2.94. The topological polar surface area (TPSA) is 114 Å². The van der Waals surface area contributed by atoms with Crippen LogP contribution in [0.4, 0.5) is 0 Å². The van der Waals surface area contributed by atoms with Crippen LogP contribution in [-0.2, 0) is 28.6 Å². The molecule has 2 aliphatic carbocycles. The van der Waals surface area contributed by atoms with Crippen LogP contribution in [0.2, 0.25) is 0 Å². The summed E-state index contributed by atoms with van der Waals surface area (Å²) in [6, 6.07) is 4.62. The minimum Gasteiger partial charge on any atom is -0.493 e. The number of carbonyl (C=O) groups excluding carboxylic acids is 4. The fourth-order valence-electron chi connectivity index (χ4n) is 5.49. The number of methoxy groups -OCH3 is 2. The monoisotopic (exact) mass is 484 g/mol. The fraction of sp³-hybridized carbons (Fsp3) is 0.462. The van der Waals surface area contributed by atoms with Gasteiger partial charge >= 0.3 is 17.9 Å². The maximum absolute atomic E-state index is 13.2. The zero-order chi connectivity index (χ0) is 25.7. The lowest BCUT2D eigenvalue weighted by Gasteiger charge is -2.34. The van der Waals surface area contributed by atoms with Crippen LogP contribution in [0.3, 0.4) is 0 Å². The van der Waals surface area contributed by atoms with Crippen molar-refractivity contribution < 1.29 is 42.9 Å². The molecule has 9 heteroatoms. The first-order valence-electron chi connectivity index (χ1n) is 11.3. The fourth-order valence-corrected chi connectivity index (χ4v) is 5.49. The van der Waals surface area contributed by atoms with Crippen LogP contribution < -0.4 is 9.47 Å². The standard InChI is InChI=1S/C26H28O9/c1-12-9-16(28)20-13(2)10-19(33-24(29)15-7-8-17(31-5)18(11-15)32-6)22-23(21(12)20)34-25(30)26(22,4)35-14(3)27/h7-9,11,19,21-23H,10H2,1-6H3/t19-,21-,22+,23+,26-/m0/s1. The van der Waals surface area contributed by atoms with Gasteiger partial charge in [0, 0.05) is 24.8 Å². The first kappa shape index (κ1) is 24.5. The summed E-state index contributed by atoms with van der Waals surface area (Å²) in [5.41, 5.74) is 0.517. The highest BCUT2D eigenvalue weighted by Crippen LogP contribution is 2.51. The number of ether oxygens (including phenoxy) is 5. The van der Waals surface area contributed by atoms with Crippen LogP contribution in [0.15, 0.2) is 41.0 Å². The number of allylic oxidation sites excluding steroid dienone is 1. The van der Waals surface area contributed by atoms with E-state index in [0.29, 0.717) is 17.1 Å². The second-order valence-corrected chi connectivity index (χ2v) is 9.24. The van der Waals surface area contributed by atoms with Gasteiger partial charge in [0.2, 0.25) is 5.60 Å². The normalized spacial score (nSPS) is 29.5. The number of fused-ring (bicyclic) bond motifs is 3. The van der Waals surface area contributed by atoms with Crippen molar-refractivity contribution in [2.45, 2.75) is 51.9 Å². The van der Waals surface area contributed by atoms with E-state index in [9.17, 15) is 19.2 Å². The third kappa shape index (κ3) is 3.98. The molecular formula is C26H28O9. The number of ketones is 1. The van der Waals surface area contributed by atoms with Crippen molar-refractivity contribution in [1.82, 2.24) is 0 Å². The van der Waals surface area contributed by atoms with Gasteiger partial charge in [-0.05, 0) is 45.0 Å². The Hall–Kier alpha value is -3.62. The molecule has 5 atom stereocenters. The molecule has 0 spiro atoms. The molecule has 0 bridgehead atoms. The highest BCUT2D eigenvalue weighted by molar-refractivity contribution is 6.09. The van der Waals surface area contributed by atoms with Crippen molar-refractivity contribution in [2.24, 2.45) is 11.8 Å². The van der Waals surface area contributed by atoms with Crippen molar-refractivity contribution in [2.75, 3.05) is 14.2 Å². The van der Waals surface area contributed by atoms with E-state index >= 15 is 0 Å². The van der Waals surface area contributed by atoms with Gasteiger partial charge in [-0.15, -0.1) is 0 Å². The van der Waals surface area contributed by atoms with Crippen LogP contribution in [0.25, 0.3) is 0 Å². The highest BCUT2D eigenvalue weighted by atomic mass is 16.6. The third-order valence-electron chi connectivity index (χ3n) is 6.99. The van der Waals surface area contributed by atoms with E-state index in [0.717, 1.165) is 11.1 Å². The predicted molar refractivity (Wildman–Crippen MR) is 122 cm³/mol. The molecule has 4 rings (SSSR count). The molecule has 1 aromatic rings. The van der Waals surface area contributed by atoms with E-state index in [1.807, 2.05) is 0 Å². The van der Waals surface area contributed by atoms with Crippen LogP contribution in [0, 0.1) is 11.8 Å². The summed E-state index contributed by atoms with van der Waals surface area (Å²) in [4.78, 5) is 51.0. The lowest BCUT2D eigenvalue weighted by molar-refractivity contribution is -0.174. The second kappa shape index (κ2) is 8.87. The van der Waals surface area contributed by atoms with Crippen LogP contribution in [0.5, 0.6) is 11.5 Å². The Bertz CT molecular complexity index is 1180. The summed E-state index contributed by atoms with van der Waals surface area (Å²) in [5.74, 6) is -2.77. The molecule has 0 amide bonds. The minimum absolute atomic E-state index is 0.159. The number of carbonyl (C=O) groups is 4. The SMILES string of the molecule is COc1ccc(C(=O)O[C@H]2CC(C)=C3C(=O)C=C(C)[C@@H]3[C@H]3OC(=O)[C@@](C)(OC(C)=O)[C@@H]32)cc1OC. The molecule has 9 nitrogen and oxygen atoms in total. The van der Waals surface area contributed by atoms with E-state index in [1.165, 1.54) is 46.3 Å². The Balaban J connectivity index is 1.76. The van der Waals surface area contributed by atoms with E-state index in [4.69, 9.17) is 23.7 Å². The molecule has 0 aromatic heterocycles. The largest absolute Gasteiger partial charge is 0.493 e. The lowest BCUT2D eigenvalue weighted by atomic mass is 9.77. The van der Waals surface area contributed by atoms with Gasteiger partial charge in [0.1, 0.15) is 12.2 Å². The van der Waals surface area contributed by atoms with Gasteiger partial charge in [-0.1, -0.05) is 11.1 Å². The Labute approximate surface area is 203 Å². The van der Waals surface area contributed by atoms with Crippen molar-refractivity contribution in [3.8, 4) is 11.5 Å². The first-order chi connectivity index (χ1) is 16.5. The summed E-state index contributed by atoms with van der Waals surface area (Å²) < 4.78 is 27.7. The van der Waals surface area contributed by atoms with Gasteiger partial charge < -0.3 is 23.7 Å². The average molecular weight is 485 g/mol. The van der Waals surface area contributed by atoms with E-state index in [1.54, 1.807) is 19.9 Å². The number of esters is 3. The maximum Gasteiger partial charge on any atom is 0.351 e. The second-order valence-electron chi connectivity index (χ2n) is 9.24. The summed E-state index contributed by atoms with van der Waals surface area (Å²) in [6.07, 6.45) is -0.0431. The van der Waals surface area contributed by atoms with Crippen molar-refractivity contribution in [1.29, 1.82) is 0 Å². The van der Waals surface area contributed by atoms with E-state index in [-0.39, 0.29) is 17.8 Å². The van der Waals surface area contributed by atoms with Gasteiger partial charge in [0.25, 0.3) is 0 Å². The highest BCUT2D eigenvalue weighted by Gasteiger charge is 2.65. The molecule has 0 unspecified atom stereocenters. The Morgan fingerprint density at radius 3 is 2.40 bits per heavy atom. The molecule has 0 radical (unpaired) electrons. The van der Waals surface area contributed by atoms with Crippen LogP contribution in [-0.4, -0.2) is 55.7 Å². The molecule has 186 valence electrons. The summed E-state index contributed by atoms with van der Waals surface area (Å²) in [5, 5.41) is 0. The van der Waals surface area contributed by atoms with E-state index < -0.39 is 47.6 Å². The zero-order valence-corrected chi connectivity index (χ0v) is 20.5. The number of hydrogen-bond acceptors (Lipinski definition) is 9. The lowest BCUT2D eigenvalue weighted by Crippen LogP contribution is -2.50. The van der Waals surface area contributed by atoms with Crippen molar-refractivity contribution in [3.05, 3.63) is 46.6 Å². The molecule has 1 aliphatic heterocycles. The number of hydrogen-bond donors (Lipinski definition) is 0. The molecule has 3 aliphatic rings. The van der Waals surface area contributed by atoms with E-state index in [2.05, 4.69) is 0 Å². The van der Waals surface area contributed by atoms with Crippen molar-refractivity contribution >= 4 is 23.7 Å². The molecule has 35 heavy (non-hydrogen) atoms. The summed E-state index contributed by atoms with van der Waals surface area (Å²) in [6.45, 7) is 6.27. The van der Waals surface area contributed by atoms with Crippen LogP contribution in [0.1, 0.15) is 44.5 Å². The van der Waals surface area contributed by atoms with Gasteiger partial charge in [-0.25, -0.2) is 9.59 Å². The Morgan fingerprint density at radius 1 is 1.09 bits per heavy atom. The van der Waals surface area contributed by atoms with Crippen molar-refractivity contribution in [3.63, 3.8) is 0 Å². The van der Waals surface area contributed by atoms with Gasteiger partial charge in [0.05, 0.1) is 25.7 Å². The molecular weight excluding hydrogens is 456 g/mol. The van der Waals surface area contributed by atoms with Gasteiger partial charge in [0.15, 0.2) is 17.3 Å².